The van der Waals surface area contributed by atoms with Crippen molar-refractivity contribution in [1.82, 2.24) is 0 Å². The number of hydrogen-bond acceptors (Lipinski definition) is 2. The molecule has 0 radical (unpaired) electrons. The lowest BCUT2D eigenvalue weighted by atomic mass is 9.80. The first-order chi connectivity index (χ1) is 5.74. The summed E-state index contributed by atoms with van der Waals surface area (Å²) in [6.07, 6.45) is 0. The Hall–Kier alpha value is -1.24. The van der Waals surface area contributed by atoms with Gasteiger partial charge in [0.05, 0.1) is 0 Å². The fourth-order valence-corrected chi connectivity index (χ4v) is 0.921. The van der Waals surface area contributed by atoms with E-state index in [0.717, 1.165) is 5.56 Å². The molecule has 2 nitrogen and oxygen atoms in total. The molecule has 0 aliphatic rings. The maximum atomic E-state index is 8.82. The van der Waals surface area contributed by atoms with Crippen LogP contribution in [0.3, 0.4) is 0 Å². The predicted molar refractivity (Wildman–Crippen MR) is 48.8 cm³/mol. The number of hydrogen-bond donors (Lipinski definition) is 2. The van der Waals surface area contributed by atoms with Crippen LogP contribution in [0, 0.1) is 11.8 Å². The van der Waals surface area contributed by atoms with E-state index in [4.69, 9.17) is 10.0 Å². The standard InChI is InChI=1S/C9H9BO2/c1-2-4-8-5-3-6-9(7-8)10(11)12/h3,5-7,11-12H,1H3. The van der Waals surface area contributed by atoms with E-state index in [9.17, 15) is 0 Å². The van der Waals surface area contributed by atoms with E-state index in [1.807, 2.05) is 6.07 Å². The van der Waals surface area contributed by atoms with E-state index in [0.29, 0.717) is 5.46 Å². The van der Waals surface area contributed by atoms with Gasteiger partial charge in [0.1, 0.15) is 0 Å². The molecule has 0 bridgehead atoms. The average Bonchev–Trinajstić information content (AvgIpc) is 2.05. The Morgan fingerprint density at radius 3 is 2.67 bits per heavy atom. The Labute approximate surface area is 72.0 Å². The van der Waals surface area contributed by atoms with Crippen LogP contribution in [0.2, 0.25) is 0 Å². The van der Waals surface area contributed by atoms with Crippen molar-refractivity contribution in [1.29, 1.82) is 0 Å². The monoisotopic (exact) mass is 160 g/mol. The highest BCUT2D eigenvalue weighted by Gasteiger charge is 2.09. The second-order valence-corrected chi connectivity index (χ2v) is 2.37. The molecule has 0 unspecified atom stereocenters. The van der Waals surface area contributed by atoms with Crippen LogP contribution in [-0.4, -0.2) is 17.2 Å². The molecule has 0 aliphatic carbocycles. The van der Waals surface area contributed by atoms with E-state index in [1.165, 1.54) is 0 Å². The molecule has 1 aromatic rings. The van der Waals surface area contributed by atoms with E-state index in [-0.39, 0.29) is 0 Å². The van der Waals surface area contributed by atoms with Gasteiger partial charge in [-0.15, -0.1) is 5.92 Å². The average molecular weight is 160 g/mol. The maximum absolute atomic E-state index is 8.82. The third kappa shape index (κ3) is 2.13. The van der Waals surface area contributed by atoms with Crippen molar-refractivity contribution in [2.75, 3.05) is 0 Å². The van der Waals surface area contributed by atoms with E-state index in [1.54, 1.807) is 25.1 Å². The fourth-order valence-electron chi connectivity index (χ4n) is 0.921. The Morgan fingerprint density at radius 2 is 2.08 bits per heavy atom. The molecule has 0 saturated heterocycles. The summed E-state index contributed by atoms with van der Waals surface area (Å²) in [6, 6.07) is 6.86. The Morgan fingerprint density at radius 1 is 1.33 bits per heavy atom. The number of benzene rings is 1. The minimum absolute atomic E-state index is 0.468. The molecular formula is C9H9BO2. The third-order valence-electron chi connectivity index (χ3n) is 1.45. The van der Waals surface area contributed by atoms with Gasteiger partial charge in [0, 0.05) is 5.56 Å². The lowest BCUT2D eigenvalue weighted by Crippen LogP contribution is -2.29. The Bertz CT molecular complexity index is 323. The molecule has 0 aliphatic heterocycles. The molecule has 0 saturated carbocycles. The summed E-state index contributed by atoms with van der Waals surface area (Å²) in [4.78, 5) is 0. The van der Waals surface area contributed by atoms with Crippen molar-refractivity contribution in [3.63, 3.8) is 0 Å². The highest BCUT2D eigenvalue weighted by atomic mass is 16.4. The lowest BCUT2D eigenvalue weighted by molar-refractivity contribution is 0.426. The van der Waals surface area contributed by atoms with Crippen LogP contribution in [0.15, 0.2) is 24.3 Å². The van der Waals surface area contributed by atoms with Crippen molar-refractivity contribution >= 4 is 12.6 Å². The Balaban J connectivity index is 3.01. The lowest BCUT2D eigenvalue weighted by Gasteiger charge is -1.98. The van der Waals surface area contributed by atoms with Crippen LogP contribution in [0.4, 0.5) is 0 Å². The second kappa shape index (κ2) is 3.96. The van der Waals surface area contributed by atoms with Gasteiger partial charge in [-0.2, -0.15) is 0 Å². The molecule has 0 aromatic heterocycles. The molecule has 0 heterocycles. The van der Waals surface area contributed by atoms with Crippen molar-refractivity contribution < 1.29 is 10.0 Å². The first-order valence-corrected chi connectivity index (χ1v) is 3.63. The summed E-state index contributed by atoms with van der Waals surface area (Å²) in [5.41, 5.74) is 1.26. The zero-order valence-corrected chi connectivity index (χ0v) is 6.78. The normalized spacial score (nSPS) is 8.58. The number of rotatable bonds is 1. The second-order valence-electron chi connectivity index (χ2n) is 2.37. The molecule has 1 rings (SSSR count). The topological polar surface area (TPSA) is 40.5 Å². The maximum Gasteiger partial charge on any atom is 0.488 e. The van der Waals surface area contributed by atoms with Gasteiger partial charge in [-0.05, 0) is 24.5 Å². The smallest absolute Gasteiger partial charge is 0.423 e. The Kier molecular flexibility index (Phi) is 2.92. The van der Waals surface area contributed by atoms with Crippen LogP contribution >= 0.6 is 0 Å². The van der Waals surface area contributed by atoms with Crippen molar-refractivity contribution in [2.24, 2.45) is 0 Å². The van der Waals surface area contributed by atoms with E-state index < -0.39 is 7.12 Å². The largest absolute Gasteiger partial charge is 0.488 e. The molecule has 60 valence electrons. The minimum atomic E-state index is -1.41. The minimum Gasteiger partial charge on any atom is -0.423 e. The molecule has 0 amide bonds. The van der Waals surface area contributed by atoms with Crippen molar-refractivity contribution in [2.45, 2.75) is 6.92 Å². The zero-order valence-electron chi connectivity index (χ0n) is 6.78. The first-order valence-electron chi connectivity index (χ1n) is 3.63. The van der Waals surface area contributed by atoms with Gasteiger partial charge < -0.3 is 10.0 Å². The summed E-state index contributed by atoms with van der Waals surface area (Å²) in [7, 11) is -1.41. The molecule has 3 heteroatoms. The summed E-state index contributed by atoms with van der Waals surface area (Å²) in [5, 5.41) is 17.6. The van der Waals surface area contributed by atoms with Crippen LogP contribution < -0.4 is 5.46 Å². The summed E-state index contributed by atoms with van der Waals surface area (Å²) < 4.78 is 0. The van der Waals surface area contributed by atoms with Gasteiger partial charge in [0.15, 0.2) is 0 Å². The summed E-state index contributed by atoms with van der Waals surface area (Å²) >= 11 is 0. The SMILES string of the molecule is CC#Cc1cccc(B(O)O)c1. The van der Waals surface area contributed by atoms with E-state index in [2.05, 4.69) is 11.8 Å². The molecule has 0 spiro atoms. The van der Waals surface area contributed by atoms with E-state index >= 15 is 0 Å². The van der Waals surface area contributed by atoms with Crippen LogP contribution in [0.1, 0.15) is 12.5 Å². The van der Waals surface area contributed by atoms with Gasteiger partial charge in [-0.1, -0.05) is 18.1 Å². The first kappa shape index (κ1) is 8.86. The fraction of sp³-hybridized carbons (Fsp3) is 0.111. The molecule has 12 heavy (non-hydrogen) atoms. The van der Waals surface area contributed by atoms with Crippen LogP contribution in [0.5, 0.6) is 0 Å². The summed E-state index contributed by atoms with van der Waals surface area (Å²) in [5.74, 6) is 5.57. The quantitative estimate of drug-likeness (QED) is 0.438. The van der Waals surface area contributed by atoms with Gasteiger partial charge >= 0.3 is 7.12 Å². The highest BCUT2D eigenvalue weighted by molar-refractivity contribution is 6.58. The molecule has 2 N–H and O–H groups in total. The zero-order chi connectivity index (χ0) is 8.97. The molecule has 0 fully saturated rings. The molecule has 1 aromatic carbocycles. The summed E-state index contributed by atoms with van der Waals surface area (Å²) in [6.45, 7) is 1.74. The van der Waals surface area contributed by atoms with Crippen molar-refractivity contribution in [3.8, 4) is 11.8 Å². The van der Waals surface area contributed by atoms with Gasteiger partial charge in [0.25, 0.3) is 0 Å². The van der Waals surface area contributed by atoms with Gasteiger partial charge in [0.2, 0.25) is 0 Å². The van der Waals surface area contributed by atoms with Gasteiger partial charge in [-0.3, -0.25) is 0 Å². The van der Waals surface area contributed by atoms with Crippen LogP contribution in [0.25, 0.3) is 0 Å². The molecule has 0 atom stereocenters. The van der Waals surface area contributed by atoms with Crippen LogP contribution in [-0.2, 0) is 0 Å². The predicted octanol–water partition coefficient (Wildman–Crippen LogP) is -0.262. The van der Waals surface area contributed by atoms with Crippen molar-refractivity contribution in [3.05, 3.63) is 29.8 Å². The molecular weight excluding hydrogens is 151 g/mol. The van der Waals surface area contributed by atoms with Gasteiger partial charge in [-0.25, -0.2) is 0 Å². The highest BCUT2D eigenvalue weighted by Crippen LogP contribution is 1.93. The third-order valence-corrected chi connectivity index (χ3v) is 1.45.